The molecule has 1 N–H and O–H groups in total. The standard InChI is InChI=1S/C19H18N2O/c22-18-19(16(13-20-18)14-7-3-1-4-8-14)12-11-17(21-19)15-9-5-2-6-10-15/h1-10,16H,11-13H2,(H,20,22)/t16-,19+/m0/s1. The summed E-state index contributed by atoms with van der Waals surface area (Å²) >= 11 is 0. The van der Waals surface area contributed by atoms with Crippen LogP contribution in [0.25, 0.3) is 0 Å². The Morgan fingerprint density at radius 1 is 1.00 bits per heavy atom. The van der Waals surface area contributed by atoms with Crippen LogP contribution in [0.5, 0.6) is 0 Å². The van der Waals surface area contributed by atoms with E-state index in [1.54, 1.807) is 0 Å². The SMILES string of the molecule is O=C1NC[C@@H](c2ccccc2)[C@]12CCC(c1ccccc1)=N2. The molecule has 3 nitrogen and oxygen atoms in total. The van der Waals surface area contributed by atoms with Gasteiger partial charge in [-0.05, 0) is 24.0 Å². The summed E-state index contributed by atoms with van der Waals surface area (Å²) in [5, 5.41) is 3.03. The zero-order chi connectivity index (χ0) is 15.0. The lowest BCUT2D eigenvalue weighted by Crippen LogP contribution is -2.37. The largest absolute Gasteiger partial charge is 0.353 e. The predicted molar refractivity (Wildman–Crippen MR) is 87.1 cm³/mol. The van der Waals surface area contributed by atoms with E-state index in [1.807, 2.05) is 36.4 Å². The number of benzene rings is 2. The molecule has 1 fully saturated rings. The lowest BCUT2D eigenvalue weighted by molar-refractivity contribution is -0.123. The smallest absolute Gasteiger partial charge is 0.248 e. The quantitative estimate of drug-likeness (QED) is 0.908. The Hall–Kier alpha value is -2.42. The summed E-state index contributed by atoms with van der Waals surface area (Å²) in [4.78, 5) is 17.5. The summed E-state index contributed by atoms with van der Waals surface area (Å²) in [7, 11) is 0. The first-order chi connectivity index (χ1) is 10.8. The van der Waals surface area contributed by atoms with Crippen LogP contribution in [0.1, 0.15) is 29.9 Å². The van der Waals surface area contributed by atoms with E-state index in [1.165, 1.54) is 5.56 Å². The summed E-state index contributed by atoms with van der Waals surface area (Å²) in [6, 6.07) is 20.5. The number of hydrogen-bond donors (Lipinski definition) is 1. The van der Waals surface area contributed by atoms with Crippen molar-refractivity contribution in [1.82, 2.24) is 5.32 Å². The van der Waals surface area contributed by atoms with E-state index in [0.29, 0.717) is 6.54 Å². The van der Waals surface area contributed by atoms with Crippen LogP contribution in [0.3, 0.4) is 0 Å². The number of nitrogens with one attached hydrogen (secondary N) is 1. The molecule has 0 aliphatic carbocycles. The fraction of sp³-hybridized carbons (Fsp3) is 0.263. The Bertz CT molecular complexity index is 724. The van der Waals surface area contributed by atoms with Gasteiger partial charge in [0.2, 0.25) is 5.91 Å². The first kappa shape index (κ1) is 13.3. The van der Waals surface area contributed by atoms with Crippen molar-refractivity contribution in [1.29, 1.82) is 0 Å². The first-order valence-electron chi connectivity index (χ1n) is 7.77. The molecule has 22 heavy (non-hydrogen) atoms. The van der Waals surface area contributed by atoms with E-state index in [9.17, 15) is 4.79 Å². The molecule has 2 atom stereocenters. The number of rotatable bonds is 2. The molecule has 3 heteroatoms. The number of aliphatic imine (C=N–C) groups is 1. The molecular weight excluding hydrogens is 272 g/mol. The Labute approximate surface area is 130 Å². The van der Waals surface area contributed by atoms with Gasteiger partial charge in [0.15, 0.2) is 0 Å². The van der Waals surface area contributed by atoms with E-state index < -0.39 is 5.54 Å². The van der Waals surface area contributed by atoms with Gasteiger partial charge in [0.25, 0.3) is 0 Å². The maximum atomic E-state index is 12.5. The van der Waals surface area contributed by atoms with Gasteiger partial charge in [-0.2, -0.15) is 0 Å². The fourth-order valence-electron chi connectivity index (χ4n) is 3.67. The zero-order valence-electron chi connectivity index (χ0n) is 12.3. The highest BCUT2D eigenvalue weighted by Gasteiger charge is 2.53. The third-order valence-corrected chi connectivity index (χ3v) is 4.82. The molecule has 0 aromatic heterocycles. The number of carbonyl (C=O) groups excluding carboxylic acids is 1. The van der Waals surface area contributed by atoms with Crippen LogP contribution < -0.4 is 5.32 Å². The lowest BCUT2D eigenvalue weighted by atomic mass is 9.80. The maximum absolute atomic E-state index is 12.5. The van der Waals surface area contributed by atoms with Crippen LogP contribution in [0.4, 0.5) is 0 Å². The molecule has 110 valence electrons. The van der Waals surface area contributed by atoms with E-state index in [2.05, 4.69) is 29.6 Å². The Kier molecular flexibility index (Phi) is 3.07. The number of amides is 1. The third-order valence-electron chi connectivity index (χ3n) is 4.82. The van der Waals surface area contributed by atoms with E-state index in [-0.39, 0.29) is 11.8 Å². The molecule has 2 aliphatic rings. The first-order valence-corrected chi connectivity index (χ1v) is 7.77. The van der Waals surface area contributed by atoms with Gasteiger partial charge in [-0.3, -0.25) is 9.79 Å². The lowest BCUT2D eigenvalue weighted by Gasteiger charge is -2.25. The van der Waals surface area contributed by atoms with Crippen molar-refractivity contribution < 1.29 is 4.79 Å². The molecular formula is C19H18N2O. The van der Waals surface area contributed by atoms with Gasteiger partial charge in [-0.25, -0.2) is 0 Å². The molecule has 1 amide bonds. The highest BCUT2D eigenvalue weighted by molar-refractivity contribution is 6.06. The van der Waals surface area contributed by atoms with Crippen molar-refractivity contribution in [3.63, 3.8) is 0 Å². The van der Waals surface area contributed by atoms with Gasteiger partial charge in [0.1, 0.15) is 5.54 Å². The van der Waals surface area contributed by atoms with Gasteiger partial charge in [-0.15, -0.1) is 0 Å². The summed E-state index contributed by atoms with van der Waals surface area (Å²) < 4.78 is 0. The molecule has 0 unspecified atom stereocenters. The van der Waals surface area contributed by atoms with Crippen molar-refractivity contribution in [2.75, 3.05) is 6.54 Å². The van der Waals surface area contributed by atoms with Gasteiger partial charge < -0.3 is 5.32 Å². The highest BCUT2D eigenvalue weighted by Crippen LogP contribution is 2.43. The molecule has 2 heterocycles. The zero-order valence-corrected chi connectivity index (χ0v) is 12.3. The number of carbonyl (C=O) groups is 1. The van der Waals surface area contributed by atoms with Crippen LogP contribution in [-0.4, -0.2) is 23.7 Å². The molecule has 1 spiro atoms. The molecule has 0 radical (unpaired) electrons. The minimum absolute atomic E-state index is 0.0762. The van der Waals surface area contributed by atoms with Crippen LogP contribution in [-0.2, 0) is 4.79 Å². The minimum atomic E-state index is -0.619. The summed E-state index contributed by atoms with van der Waals surface area (Å²) in [6.07, 6.45) is 1.66. The molecule has 4 rings (SSSR count). The van der Waals surface area contributed by atoms with Crippen LogP contribution in [0.2, 0.25) is 0 Å². The van der Waals surface area contributed by atoms with Crippen LogP contribution in [0.15, 0.2) is 65.7 Å². The van der Waals surface area contributed by atoms with Gasteiger partial charge >= 0.3 is 0 Å². The second-order valence-electron chi connectivity index (χ2n) is 6.02. The molecule has 2 aromatic rings. The molecule has 2 aromatic carbocycles. The van der Waals surface area contributed by atoms with Crippen LogP contribution in [0, 0.1) is 0 Å². The predicted octanol–water partition coefficient (Wildman–Crippen LogP) is 2.92. The Morgan fingerprint density at radius 2 is 1.68 bits per heavy atom. The van der Waals surface area contributed by atoms with E-state index in [0.717, 1.165) is 24.1 Å². The topological polar surface area (TPSA) is 41.5 Å². The highest BCUT2D eigenvalue weighted by atomic mass is 16.2. The molecule has 2 aliphatic heterocycles. The van der Waals surface area contributed by atoms with Crippen molar-refractivity contribution in [2.45, 2.75) is 24.3 Å². The molecule has 0 bridgehead atoms. The Balaban J connectivity index is 1.76. The maximum Gasteiger partial charge on any atom is 0.248 e. The summed E-state index contributed by atoms with van der Waals surface area (Å²) in [5.41, 5.74) is 2.76. The minimum Gasteiger partial charge on any atom is -0.353 e. The second kappa shape index (κ2) is 5.09. The molecule has 0 saturated carbocycles. The average molecular weight is 290 g/mol. The van der Waals surface area contributed by atoms with E-state index in [4.69, 9.17) is 4.99 Å². The number of hydrogen-bond acceptors (Lipinski definition) is 2. The number of nitrogens with zero attached hydrogens (tertiary/aromatic N) is 1. The van der Waals surface area contributed by atoms with Gasteiger partial charge in [-0.1, -0.05) is 60.7 Å². The second-order valence-corrected chi connectivity index (χ2v) is 6.02. The van der Waals surface area contributed by atoms with Crippen molar-refractivity contribution in [2.24, 2.45) is 4.99 Å². The van der Waals surface area contributed by atoms with Gasteiger partial charge in [0, 0.05) is 18.2 Å². The molecule has 1 saturated heterocycles. The summed E-state index contributed by atoms with van der Waals surface area (Å²) in [5.74, 6) is 0.203. The van der Waals surface area contributed by atoms with Gasteiger partial charge in [0.05, 0.1) is 0 Å². The van der Waals surface area contributed by atoms with Crippen molar-refractivity contribution in [3.05, 3.63) is 71.8 Å². The van der Waals surface area contributed by atoms with E-state index >= 15 is 0 Å². The van der Waals surface area contributed by atoms with Crippen molar-refractivity contribution >= 4 is 11.6 Å². The van der Waals surface area contributed by atoms with Crippen molar-refractivity contribution in [3.8, 4) is 0 Å². The third kappa shape index (κ3) is 1.97. The average Bonchev–Trinajstić information content (AvgIpc) is 3.16. The monoisotopic (exact) mass is 290 g/mol. The van der Waals surface area contributed by atoms with Crippen LogP contribution >= 0.6 is 0 Å². The Morgan fingerprint density at radius 3 is 2.41 bits per heavy atom. The summed E-state index contributed by atoms with van der Waals surface area (Å²) in [6.45, 7) is 0.675. The fourth-order valence-corrected chi connectivity index (χ4v) is 3.67. The normalized spacial score (nSPS) is 27.0.